The molecule has 0 aliphatic carbocycles. The van der Waals surface area contributed by atoms with Crippen molar-refractivity contribution in [3.05, 3.63) is 48.3 Å². The summed E-state index contributed by atoms with van der Waals surface area (Å²) >= 11 is 0. The number of aromatic nitrogens is 2. The Morgan fingerprint density at radius 1 is 1.11 bits per heavy atom. The molecule has 1 N–H and O–H groups in total. The number of rotatable bonds is 8. The summed E-state index contributed by atoms with van der Waals surface area (Å²) < 4.78 is 1.98. The molecule has 0 spiro atoms. The van der Waals surface area contributed by atoms with Crippen molar-refractivity contribution in [2.75, 3.05) is 11.9 Å². The van der Waals surface area contributed by atoms with Crippen molar-refractivity contribution in [1.82, 2.24) is 9.78 Å². The van der Waals surface area contributed by atoms with Crippen molar-refractivity contribution in [2.24, 2.45) is 0 Å². The third-order valence-corrected chi connectivity index (χ3v) is 3.18. The first-order valence-corrected chi connectivity index (χ1v) is 7.18. The van der Waals surface area contributed by atoms with Gasteiger partial charge in [0.15, 0.2) is 0 Å². The topological polar surface area (TPSA) is 29.9 Å². The summed E-state index contributed by atoms with van der Waals surface area (Å²) in [6.45, 7) is 4.11. The fourth-order valence-electron chi connectivity index (χ4n) is 2.10. The second-order valence-electron chi connectivity index (χ2n) is 4.90. The maximum Gasteiger partial charge on any atom is 0.0726 e. The van der Waals surface area contributed by atoms with E-state index in [-0.39, 0.29) is 0 Å². The molecule has 19 heavy (non-hydrogen) atoms. The number of hydrogen-bond donors (Lipinski definition) is 1. The fraction of sp³-hybridized carbons (Fsp3) is 0.438. The van der Waals surface area contributed by atoms with Gasteiger partial charge in [-0.3, -0.25) is 4.68 Å². The maximum atomic E-state index is 4.38. The largest absolute Gasteiger partial charge is 0.383 e. The highest BCUT2D eigenvalue weighted by molar-refractivity contribution is 5.38. The molecule has 0 saturated carbocycles. The second-order valence-corrected chi connectivity index (χ2v) is 4.90. The Hall–Kier alpha value is -1.77. The molecule has 1 aromatic carbocycles. The molecule has 3 heteroatoms. The third-order valence-electron chi connectivity index (χ3n) is 3.18. The zero-order chi connectivity index (χ0) is 13.3. The van der Waals surface area contributed by atoms with Crippen LogP contribution in [0.4, 0.5) is 5.69 Å². The number of unbranched alkanes of at least 4 members (excludes halogenated alkanes) is 3. The first-order valence-electron chi connectivity index (χ1n) is 7.18. The zero-order valence-electron chi connectivity index (χ0n) is 11.7. The molecule has 0 aliphatic rings. The van der Waals surface area contributed by atoms with Gasteiger partial charge >= 0.3 is 0 Å². The van der Waals surface area contributed by atoms with Crippen molar-refractivity contribution in [3.63, 3.8) is 0 Å². The van der Waals surface area contributed by atoms with Gasteiger partial charge in [-0.15, -0.1) is 0 Å². The molecule has 0 saturated heterocycles. The van der Waals surface area contributed by atoms with Crippen LogP contribution in [0.25, 0.3) is 0 Å². The van der Waals surface area contributed by atoms with Crippen molar-refractivity contribution >= 4 is 5.69 Å². The molecule has 0 aliphatic heterocycles. The van der Waals surface area contributed by atoms with Crippen LogP contribution in [0, 0.1) is 0 Å². The van der Waals surface area contributed by atoms with Crippen LogP contribution in [0.1, 0.15) is 38.2 Å². The summed E-state index contributed by atoms with van der Waals surface area (Å²) in [4.78, 5) is 0. The molecule has 0 fully saturated rings. The Balaban J connectivity index is 1.76. The normalized spacial score (nSPS) is 10.6. The lowest BCUT2D eigenvalue weighted by Gasteiger charge is -2.03. The first kappa shape index (κ1) is 13.7. The van der Waals surface area contributed by atoms with E-state index in [1.807, 2.05) is 16.9 Å². The van der Waals surface area contributed by atoms with Gasteiger partial charge in [-0.2, -0.15) is 5.10 Å². The molecule has 0 unspecified atom stereocenters. The van der Waals surface area contributed by atoms with Crippen LogP contribution in [0.15, 0.2) is 42.7 Å². The van der Waals surface area contributed by atoms with Crippen LogP contribution >= 0.6 is 0 Å². The molecule has 0 bridgehead atoms. The van der Waals surface area contributed by atoms with Gasteiger partial charge in [0.2, 0.25) is 0 Å². The van der Waals surface area contributed by atoms with E-state index in [0.29, 0.717) is 0 Å². The Morgan fingerprint density at radius 3 is 2.74 bits per heavy atom. The predicted octanol–water partition coefficient (Wildman–Crippen LogP) is 3.92. The van der Waals surface area contributed by atoms with Crippen LogP contribution in [0.5, 0.6) is 0 Å². The van der Waals surface area contributed by atoms with Gasteiger partial charge in [-0.1, -0.05) is 56.5 Å². The molecule has 102 valence electrons. The highest BCUT2D eigenvalue weighted by Gasteiger charge is 1.99. The number of benzene rings is 1. The van der Waals surface area contributed by atoms with E-state index in [2.05, 4.69) is 47.8 Å². The smallest absolute Gasteiger partial charge is 0.0726 e. The molecule has 2 aromatic rings. The van der Waals surface area contributed by atoms with Gasteiger partial charge in [-0.25, -0.2) is 0 Å². The minimum absolute atomic E-state index is 0.832. The summed E-state index contributed by atoms with van der Waals surface area (Å²) in [5.74, 6) is 0. The minimum atomic E-state index is 0.832. The van der Waals surface area contributed by atoms with Gasteiger partial charge in [0.05, 0.1) is 18.4 Å². The number of anilines is 1. The van der Waals surface area contributed by atoms with Gasteiger partial charge in [0, 0.05) is 12.7 Å². The van der Waals surface area contributed by atoms with Gasteiger partial charge in [-0.05, 0) is 12.0 Å². The maximum absolute atomic E-state index is 4.38. The molecule has 2 rings (SSSR count). The van der Waals surface area contributed by atoms with Crippen molar-refractivity contribution < 1.29 is 0 Å². The van der Waals surface area contributed by atoms with Crippen LogP contribution in [0.3, 0.4) is 0 Å². The van der Waals surface area contributed by atoms with Crippen LogP contribution in [-0.4, -0.2) is 16.3 Å². The standard InChI is InChI=1S/C16H23N3/c1-2-3-4-8-11-17-16-12-18-19(14-16)13-15-9-6-5-7-10-15/h5-7,9-10,12,14,17H,2-4,8,11,13H2,1H3. The molecule has 1 aromatic heterocycles. The molecular weight excluding hydrogens is 234 g/mol. The molecule has 1 heterocycles. The molecule has 0 atom stereocenters. The van der Waals surface area contributed by atoms with Crippen molar-refractivity contribution in [2.45, 2.75) is 39.2 Å². The summed E-state index contributed by atoms with van der Waals surface area (Å²) in [5, 5.41) is 7.81. The SMILES string of the molecule is CCCCCCNc1cnn(Cc2ccccc2)c1. The monoisotopic (exact) mass is 257 g/mol. The van der Waals surface area contributed by atoms with Crippen molar-refractivity contribution in [3.8, 4) is 0 Å². The predicted molar refractivity (Wildman–Crippen MR) is 80.4 cm³/mol. The second kappa shape index (κ2) is 7.62. The molecule has 3 nitrogen and oxygen atoms in total. The van der Waals surface area contributed by atoms with E-state index < -0.39 is 0 Å². The zero-order valence-corrected chi connectivity index (χ0v) is 11.7. The van der Waals surface area contributed by atoms with E-state index >= 15 is 0 Å². The quantitative estimate of drug-likeness (QED) is 0.726. The summed E-state index contributed by atoms with van der Waals surface area (Å²) in [5.41, 5.74) is 2.40. The van der Waals surface area contributed by atoms with E-state index in [0.717, 1.165) is 18.8 Å². The van der Waals surface area contributed by atoms with Crippen LogP contribution in [0.2, 0.25) is 0 Å². The average molecular weight is 257 g/mol. The van der Waals surface area contributed by atoms with Gasteiger partial charge < -0.3 is 5.32 Å². The van der Waals surface area contributed by atoms with E-state index in [1.54, 1.807) is 0 Å². The first-order chi connectivity index (χ1) is 9.38. The van der Waals surface area contributed by atoms with E-state index in [4.69, 9.17) is 0 Å². The summed E-state index contributed by atoms with van der Waals surface area (Å²) in [6.07, 6.45) is 9.14. The highest BCUT2D eigenvalue weighted by Crippen LogP contribution is 2.08. The third kappa shape index (κ3) is 4.78. The lowest BCUT2D eigenvalue weighted by molar-refractivity contribution is 0.683. The lowest BCUT2D eigenvalue weighted by Crippen LogP contribution is -2.01. The number of nitrogens with one attached hydrogen (secondary N) is 1. The number of hydrogen-bond acceptors (Lipinski definition) is 2. The Labute approximate surface area is 115 Å². The van der Waals surface area contributed by atoms with Crippen LogP contribution < -0.4 is 5.32 Å². The summed E-state index contributed by atoms with van der Waals surface area (Å²) in [6, 6.07) is 10.4. The summed E-state index contributed by atoms with van der Waals surface area (Å²) in [7, 11) is 0. The molecular formula is C16H23N3. The number of nitrogens with zero attached hydrogens (tertiary/aromatic N) is 2. The highest BCUT2D eigenvalue weighted by atomic mass is 15.3. The van der Waals surface area contributed by atoms with Gasteiger partial charge in [0.25, 0.3) is 0 Å². The van der Waals surface area contributed by atoms with E-state index in [9.17, 15) is 0 Å². The van der Waals surface area contributed by atoms with Gasteiger partial charge in [0.1, 0.15) is 0 Å². The van der Waals surface area contributed by atoms with Crippen LogP contribution in [-0.2, 0) is 6.54 Å². The Bertz CT molecular complexity index is 462. The molecule has 0 radical (unpaired) electrons. The fourth-order valence-corrected chi connectivity index (χ4v) is 2.10. The Kier molecular flexibility index (Phi) is 5.48. The van der Waals surface area contributed by atoms with Crippen molar-refractivity contribution in [1.29, 1.82) is 0 Å². The Morgan fingerprint density at radius 2 is 1.95 bits per heavy atom. The lowest BCUT2D eigenvalue weighted by atomic mass is 10.2. The molecule has 0 amide bonds. The average Bonchev–Trinajstić information content (AvgIpc) is 2.87. The van der Waals surface area contributed by atoms with E-state index in [1.165, 1.54) is 31.2 Å². The minimum Gasteiger partial charge on any atom is -0.383 e.